The molecule has 2 aromatic heterocycles. The monoisotopic (exact) mass is 432 g/mol. The molecule has 0 atom stereocenters. The normalized spacial score (nSPS) is 11.6. The predicted octanol–water partition coefficient (Wildman–Crippen LogP) is 3.80. The van der Waals surface area contributed by atoms with Gasteiger partial charge in [0.2, 0.25) is 11.9 Å². The summed E-state index contributed by atoms with van der Waals surface area (Å²) in [6, 6.07) is 5.92. The first kappa shape index (κ1) is 20.2. The van der Waals surface area contributed by atoms with E-state index in [9.17, 15) is 18.0 Å². The van der Waals surface area contributed by atoms with Gasteiger partial charge in [-0.25, -0.2) is 9.67 Å². The molecule has 7 nitrogen and oxygen atoms in total. The Balaban J connectivity index is 1.68. The summed E-state index contributed by atoms with van der Waals surface area (Å²) in [4.78, 5) is 16.0. The van der Waals surface area contributed by atoms with Crippen LogP contribution in [0.2, 0.25) is 10.0 Å². The number of aryl methyl sites for hydroxylation is 1. The Morgan fingerprint density at radius 3 is 2.54 bits per heavy atom. The SMILES string of the molecule is Cc1cc(C(F)(F)F)n(CC(=O)Nc2ncn(Cc3c(Cl)cccc3Cl)n2)n1. The first-order valence-corrected chi connectivity index (χ1v) is 8.63. The molecule has 0 aliphatic carbocycles. The van der Waals surface area contributed by atoms with Gasteiger partial charge < -0.3 is 0 Å². The highest BCUT2D eigenvalue weighted by Gasteiger charge is 2.35. The number of aromatic nitrogens is 5. The Labute approximate surface area is 167 Å². The van der Waals surface area contributed by atoms with Crippen LogP contribution in [0.3, 0.4) is 0 Å². The Hall–Kier alpha value is -2.59. The third-order valence-electron chi connectivity index (χ3n) is 3.66. The average molecular weight is 433 g/mol. The van der Waals surface area contributed by atoms with Crippen LogP contribution in [0.25, 0.3) is 0 Å². The smallest absolute Gasteiger partial charge is 0.292 e. The van der Waals surface area contributed by atoms with Gasteiger partial charge in [0.25, 0.3) is 0 Å². The second kappa shape index (κ2) is 7.80. The van der Waals surface area contributed by atoms with E-state index in [-0.39, 0.29) is 18.2 Å². The van der Waals surface area contributed by atoms with Crippen molar-refractivity contribution in [3.05, 3.63) is 57.6 Å². The molecule has 0 saturated heterocycles. The Morgan fingerprint density at radius 1 is 1.21 bits per heavy atom. The van der Waals surface area contributed by atoms with Gasteiger partial charge in [-0.05, 0) is 25.1 Å². The van der Waals surface area contributed by atoms with Gasteiger partial charge in [-0.3, -0.25) is 14.8 Å². The molecule has 0 aliphatic rings. The van der Waals surface area contributed by atoms with Crippen molar-refractivity contribution in [1.29, 1.82) is 0 Å². The number of amides is 1. The molecule has 0 aliphatic heterocycles. The molecule has 148 valence electrons. The van der Waals surface area contributed by atoms with Crippen LogP contribution in [0.1, 0.15) is 17.0 Å². The molecular weight excluding hydrogens is 420 g/mol. The molecule has 0 radical (unpaired) electrons. The van der Waals surface area contributed by atoms with E-state index in [0.29, 0.717) is 20.3 Å². The van der Waals surface area contributed by atoms with Gasteiger partial charge in [0.05, 0.1) is 12.2 Å². The van der Waals surface area contributed by atoms with E-state index in [1.165, 1.54) is 17.9 Å². The van der Waals surface area contributed by atoms with Crippen molar-refractivity contribution in [1.82, 2.24) is 24.5 Å². The summed E-state index contributed by atoms with van der Waals surface area (Å²) >= 11 is 12.2. The van der Waals surface area contributed by atoms with E-state index in [1.807, 2.05) is 0 Å². The van der Waals surface area contributed by atoms with E-state index in [1.54, 1.807) is 18.2 Å². The number of nitrogens with one attached hydrogen (secondary N) is 1. The van der Waals surface area contributed by atoms with Crippen LogP contribution in [-0.2, 0) is 24.1 Å². The highest BCUT2D eigenvalue weighted by molar-refractivity contribution is 6.35. The minimum atomic E-state index is -4.62. The fraction of sp³-hybridized carbons (Fsp3) is 0.250. The number of carbonyl (C=O) groups excluding carboxylic acids is 1. The average Bonchev–Trinajstić information content (AvgIpc) is 3.17. The highest BCUT2D eigenvalue weighted by atomic mass is 35.5. The molecular formula is C16H13Cl2F3N6O. The van der Waals surface area contributed by atoms with Crippen LogP contribution in [-0.4, -0.2) is 30.5 Å². The molecule has 0 spiro atoms. The van der Waals surface area contributed by atoms with Crippen molar-refractivity contribution in [2.45, 2.75) is 26.2 Å². The number of hydrogen-bond acceptors (Lipinski definition) is 4. The number of benzene rings is 1. The predicted molar refractivity (Wildman–Crippen MR) is 96.2 cm³/mol. The summed E-state index contributed by atoms with van der Waals surface area (Å²) in [6.07, 6.45) is -3.27. The largest absolute Gasteiger partial charge is 0.433 e. The summed E-state index contributed by atoms with van der Waals surface area (Å²) in [5.41, 5.74) is -0.235. The summed E-state index contributed by atoms with van der Waals surface area (Å²) in [6.45, 7) is 0.984. The van der Waals surface area contributed by atoms with Crippen molar-refractivity contribution >= 4 is 35.1 Å². The quantitative estimate of drug-likeness (QED) is 0.664. The number of alkyl halides is 3. The number of halogens is 5. The molecule has 1 aromatic carbocycles. The molecule has 12 heteroatoms. The maximum absolute atomic E-state index is 13.0. The van der Waals surface area contributed by atoms with Gasteiger partial charge in [0.1, 0.15) is 18.6 Å². The van der Waals surface area contributed by atoms with Crippen molar-refractivity contribution in [2.24, 2.45) is 0 Å². The van der Waals surface area contributed by atoms with Gasteiger partial charge in [0, 0.05) is 15.6 Å². The van der Waals surface area contributed by atoms with Crippen molar-refractivity contribution in [3.63, 3.8) is 0 Å². The zero-order chi connectivity index (χ0) is 20.5. The number of nitrogens with zero attached hydrogens (tertiary/aromatic N) is 5. The van der Waals surface area contributed by atoms with Crippen LogP contribution < -0.4 is 5.32 Å². The summed E-state index contributed by atoms with van der Waals surface area (Å²) in [7, 11) is 0. The maximum Gasteiger partial charge on any atom is 0.433 e. The van der Waals surface area contributed by atoms with E-state index in [0.717, 1.165) is 6.07 Å². The number of carbonyl (C=O) groups is 1. The molecule has 1 amide bonds. The number of hydrogen-bond donors (Lipinski definition) is 1. The van der Waals surface area contributed by atoms with Crippen LogP contribution in [0.15, 0.2) is 30.6 Å². The maximum atomic E-state index is 13.0. The van der Waals surface area contributed by atoms with Crippen LogP contribution in [0.4, 0.5) is 19.1 Å². The topological polar surface area (TPSA) is 77.6 Å². The first-order valence-electron chi connectivity index (χ1n) is 7.87. The second-order valence-corrected chi connectivity index (χ2v) is 6.65. The van der Waals surface area contributed by atoms with Gasteiger partial charge >= 0.3 is 6.18 Å². The first-order chi connectivity index (χ1) is 13.1. The molecule has 3 aromatic rings. The zero-order valence-corrected chi connectivity index (χ0v) is 15.8. The van der Waals surface area contributed by atoms with E-state index in [2.05, 4.69) is 20.5 Å². The van der Waals surface area contributed by atoms with Gasteiger partial charge in [-0.1, -0.05) is 29.3 Å². The summed E-state index contributed by atoms with van der Waals surface area (Å²) in [5.74, 6) is -0.812. The lowest BCUT2D eigenvalue weighted by Gasteiger charge is -2.09. The third kappa shape index (κ3) is 4.63. The minimum absolute atomic E-state index is 0.0642. The van der Waals surface area contributed by atoms with Crippen molar-refractivity contribution < 1.29 is 18.0 Å². The summed E-state index contributed by atoms with van der Waals surface area (Å²) in [5, 5.41) is 11.0. The molecule has 0 bridgehead atoms. The standard InChI is InChI=1S/C16H13Cl2F3N6O/c1-9-5-13(16(19,20)21)27(24-9)7-14(28)23-15-22-8-26(25-15)6-10-11(17)3-2-4-12(10)18/h2-5,8H,6-7H2,1H3,(H,23,25,28). The molecule has 3 rings (SSSR count). The minimum Gasteiger partial charge on any atom is -0.292 e. The lowest BCUT2D eigenvalue weighted by atomic mass is 10.2. The van der Waals surface area contributed by atoms with Crippen molar-refractivity contribution in [3.8, 4) is 0 Å². The van der Waals surface area contributed by atoms with Crippen molar-refractivity contribution in [2.75, 3.05) is 5.32 Å². The Morgan fingerprint density at radius 2 is 1.89 bits per heavy atom. The van der Waals surface area contributed by atoms with Crippen LogP contribution in [0.5, 0.6) is 0 Å². The van der Waals surface area contributed by atoms with Crippen LogP contribution >= 0.6 is 23.2 Å². The van der Waals surface area contributed by atoms with E-state index in [4.69, 9.17) is 23.2 Å². The molecule has 1 N–H and O–H groups in total. The zero-order valence-electron chi connectivity index (χ0n) is 14.3. The van der Waals surface area contributed by atoms with E-state index < -0.39 is 24.3 Å². The molecule has 0 unspecified atom stereocenters. The lowest BCUT2D eigenvalue weighted by Crippen LogP contribution is -2.24. The molecule has 0 saturated carbocycles. The lowest BCUT2D eigenvalue weighted by molar-refractivity contribution is -0.144. The number of anilines is 1. The molecule has 0 fully saturated rings. The second-order valence-electron chi connectivity index (χ2n) is 5.84. The fourth-order valence-corrected chi connectivity index (χ4v) is 2.98. The Kier molecular flexibility index (Phi) is 5.61. The van der Waals surface area contributed by atoms with Gasteiger partial charge in [-0.15, -0.1) is 5.10 Å². The third-order valence-corrected chi connectivity index (χ3v) is 4.36. The van der Waals surface area contributed by atoms with Gasteiger partial charge in [0.15, 0.2) is 0 Å². The Bertz CT molecular complexity index is 994. The van der Waals surface area contributed by atoms with Gasteiger partial charge in [-0.2, -0.15) is 18.3 Å². The van der Waals surface area contributed by atoms with E-state index >= 15 is 0 Å². The van der Waals surface area contributed by atoms with Crippen LogP contribution in [0, 0.1) is 6.92 Å². The fourth-order valence-electron chi connectivity index (χ4n) is 2.47. The molecule has 2 heterocycles. The highest BCUT2D eigenvalue weighted by Crippen LogP contribution is 2.29. The number of rotatable bonds is 5. The summed E-state index contributed by atoms with van der Waals surface area (Å²) < 4.78 is 40.9. The molecule has 28 heavy (non-hydrogen) atoms.